The van der Waals surface area contributed by atoms with Crippen molar-refractivity contribution < 1.29 is 4.79 Å². The molecule has 0 saturated carbocycles. The number of primary amides is 1. The summed E-state index contributed by atoms with van der Waals surface area (Å²) in [6.45, 7) is 7.18. The number of rotatable bonds is 2. The van der Waals surface area contributed by atoms with Crippen LogP contribution in [-0.4, -0.2) is 10.9 Å². The van der Waals surface area contributed by atoms with Crippen LogP contribution in [-0.2, 0) is 0 Å². The minimum atomic E-state index is -0.523. The van der Waals surface area contributed by atoms with E-state index in [-0.39, 0.29) is 0 Å². The minimum absolute atomic E-state index is 0.314. The van der Waals surface area contributed by atoms with E-state index < -0.39 is 5.91 Å². The van der Waals surface area contributed by atoms with Crippen molar-refractivity contribution in [3.05, 3.63) is 33.9 Å². The standard InChI is InChI=1S/C9H9ClN2O/c1-5(10)3-7-4-8(9(11)13)12-6(7)2/h3-4,12H,1-2H2,(H2,11,13)/b7-3-. The van der Waals surface area contributed by atoms with Gasteiger partial charge < -0.3 is 10.7 Å². The number of carbonyl (C=O) groups excluding carboxylic acids is 1. The van der Waals surface area contributed by atoms with Gasteiger partial charge in [-0.2, -0.15) is 0 Å². The highest BCUT2D eigenvalue weighted by Gasteiger charge is 2.00. The van der Waals surface area contributed by atoms with Gasteiger partial charge in [0.15, 0.2) is 0 Å². The summed E-state index contributed by atoms with van der Waals surface area (Å²) < 4.78 is 0. The predicted octanol–water partition coefficient (Wildman–Crippen LogP) is 0.0569. The lowest BCUT2D eigenvalue weighted by Crippen LogP contribution is -2.19. The monoisotopic (exact) mass is 196 g/mol. The van der Waals surface area contributed by atoms with Crippen LogP contribution in [0.25, 0.3) is 12.7 Å². The van der Waals surface area contributed by atoms with Crippen molar-refractivity contribution in [1.29, 1.82) is 0 Å². The third kappa shape index (κ3) is 2.23. The van der Waals surface area contributed by atoms with E-state index in [0.717, 1.165) is 0 Å². The molecular weight excluding hydrogens is 188 g/mol. The normalized spacial score (nSPS) is 11.6. The number of halogens is 1. The Balaban J connectivity index is 3.34. The van der Waals surface area contributed by atoms with Crippen molar-refractivity contribution in [2.24, 2.45) is 5.73 Å². The van der Waals surface area contributed by atoms with Gasteiger partial charge in [-0.1, -0.05) is 24.8 Å². The molecule has 0 aliphatic heterocycles. The van der Waals surface area contributed by atoms with Gasteiger partial charge in [0.25, 0.3) is 5.91 Å². The maximum Gasteiger partial charge on any atom is 0.265 e. The van der Waals surface area contributed by atoms with E-state index in [9.17, 15) is 4.79 Å². The summed E-state index contributed by atoms with van der Waals surface area (Å²) in [4.78, 5) is 13.5. The number of nitrogens with two attached hydrogens (primary N) is 1. The fourth-order valence-corrected chi connectivity index (χ4v) is 1.06. The quantitative estimate of drug-likeness (QED) is 0.691. The van der Waals surface area contributed by atoms with Gasteiger partial charge in [0, 0.05) is 15.6 Å². The maximum absolute atomic E-state index is 10.7. The first-order valence-electron chi connectivity index (χ1n) is 3.54. The molecule has 1 aromatic rings. The first-order chi connectivity index (χ1) is 6.00. The van der Waals surface area contributed by atoms with Crippen LogP contribution in [0.4, 0.5) is 0 Å². The molecule has 1 rings (SSSR count). The molecular formula is C9H9ClN2O. The van der Waals surface area contributed by atoms with Crippen LogP contribution in [0.2, 0.25) is 0 Å². The molecule has 0 radical (unpaired) electrons. The van der Waals surface area contributed by atoms with Gasteiger partial charge in [-0.15, -0.1) is 0 Å². The Morgan fingerprint density at radius 2 is 2.31 bits per heavy atom. The number of H-pyrrole nitrogens is 1. The van der Waals surface area contributed by atoms with E-state index in [1.807, 2.05) is 0 Å². The molecule has 1 aromatic heterocycles. The molecule has 0 aromatic carbocycles. The van der Waals surface area contributed by atoms with Crippen molar-refractivity contribution in [2.75, 3.05) is 0 Å². The van der Waals surface area contributed by atoms with E-state index in [1.165, 1.54) is 0 Å². The second-order valence-corrected chi connectivity index (χ2v) is 3.06. The molecule has 0 unspecified atom stereocenters. The number of carbonyl (C=O) groups is 1. The van der Waals surface area contributed by atoms with Crippen LogP contribution in [0.1, 0.15) is 10.5 Å². The molecule has 0 aliphatic carbocycles. The molecule has 4 heteroatoms. The van der Waals surface area contributed by atoms with Gasteiger partial charge in [-0.05, 0) is 12.1 Å². The van der Waals surface area contributed by atoms with Gasteiger partial charge in [0.1, 0.15) is 5.69 Å². The highest BCUT2D eigenvalue weighted by Crippen LogP contribution is 1.96. The molecule has 3 N–H and O–H groups in total. The summed E-state index contributed by atoms with van der Waals surface area (Å²) >= 11 is 5.57. The van der Waals surface area contributed by atoms with E-state index in [4.69, 9.17) is 17.3 Å². The van der Waals surface area contributed by atoms with Crippen LogP contribution in [0, 0.1) is 0 Å². The molecule has 0 atom stereocenters. The third-order valence-corrected chi connectivity index (χ3v) is 1.62. The number of aromatic nitrogens is 1. The van der Waals surface area contributed by atoms with Crippen LogP contribution in [0.5, 0.6) is 0 Å². The Morgan fingerprint density at radius 3 is 2.69 bits per heavy atom. The zero-order chi connectivity index (χ0) is 10.0. The SMILES string of the molecule is C=C(Cl)/C=c1/cc(C(N)=O)[nH]c1=C. The van der Waals surface area contributed by atoms with Gasteiger partial charge in [-0.25, -0.2) is 0 Å². The minimum Gasteiger partial charge on any atom is -0.364 e. The van der Waals surface area contributed by atoms with Crippen molar-refractivity contribution in [2.45, 2.75) is 0 Å². The summed E-state index contributed by atoms with van der Waals surface area (Å²) in [5.41, 5.74) is 5.37. The van der Waals surface area contributed by atoms with E-state index >= 15 is 0 Å². The molecule has 68 valence electrons. The Morgan fingerprint density at radius 1 is 1.69 bits per heavy atom. The number of allylic oxidation sites excluding steroid dienone is 1. The summed E-state index contributed by atoms with van der Waals surface area (Å²) in [7, 11) is 0. The first-order valence-corrected chi connectivity index (χ1v) is 3.92. The van der Waals surface area contributed by atoms with Crippen LogP contribution < -0.4 is 16.3 Å². The summed E-state index contributed by atoms with van der Waals surface area (Å²) in [5.74, 6) is -0.523. The first kappa shape index (κ1) is 9.61. The Labute approximate surface area is 80.2 Å². The lowest BCUT2D eigenvalue weighted by molar-refractivity contribution is 0.0996. The molecule has 0 fully saturated rings. The lowest BCUT2D eigenvalue weighted by atomic mass is 10.3. The Kier molecular flexibility index (Phi) is 2.58. The van der Waals surface area contributed by atoms with Crippen LogP contribution in [0.15, 0.2) is 17.7 Å². The fourth-order valence-electron chi connectivity index (χ4n) is 0.944. The topological polar surface area (TPSA) is 58.9 Å². The van der Waals surface area contributed by atoms with Gasteiger partial charge in [0.2, 0.25) is 0 Å². The number of nitrogens with one attached hydrogen (secondary N) is 1. The van der Waals surface area contributed by atoms with Gasteiger partial charge >= 0.3 is 0 Å². The maximum atomic E-state index is 10.7. The molecule has 0 saturated heterocycles. The van der Waals surface area contributed by atoms with Crippen molar-refractivity contribution >= 4 is 30.2 Å². The number of hydrogen-bond acceptors (Lipinski definition) is 1. The van der Waals surface area contributed by atoms with Crippen LogP contribution >= 0.6 is 11.6 Å². The second-order valence-electron chi connectivity index (χ2n) is 2.57. The van der Waals surface area contributed by atoms with Gasteiger partial charge in [-0.3, -0.25) is 4.79 Å². The summed E-state index contributed by atoms with van der Waals surface area (Å²) in [6, 6.07) is 1.58. The van der Waals surface area contributed by atoms with Crippen molar-refractivity contribution in [3.63, 3.8) is 0 Å². The highest BCUT2D eigenvalue weighted by molar-refractivity contribution is 6.33. The molecule has 13 heavy (non-hydrogen) atoms. The average Bonchev–Trinajstić information content (AvgIpc) is 2.31. The smallest absolute Gasteiger partial charge is 0.265 e. The van der Waals surface area contributed by atoms with Crippen LogP contribution in [0.3, 0.4) is 0 Å². The predicted molar refractivity (Wildman–Crippen MR) is 53.5 cm³/mol. The number of amides is 1. The Hall–Kier alpha value is -1.48. The molecule has 0 aliphatic rings. The van der Waals surface area contributed by atoms with E-state index in [0.29, 0.717) is 21.3 Å². The lowest BCUT2D eigenvalue weighted by Gasteiger charge is -1.83. The second kappa shape index (κ2) is 3.49. The fraction of sp³-hybridized carbons (Fsp3) is 0. The summed E-state index contributed by atoms with van der Waals surface area (Å²) in [6.07, 6.45) is 1.60. The van der Waals surface area contributed by atoms with Crippen molar-refractivity contribution in [1.82, 2.24) is 4.98 Å². The van der Waals surface area contributed by atoms with E-state index in [2.05, 4.69) is 18.1 Å². The zero-order valence-electron chi connectivity index (χ0n) is 6.93. The number of hydrogen-bond donors (Lipinski definition) is 2. The molecule has 0 spiro atoms. The molecule has 3 nitrogen and oxygen atoms in total. The molecule has 0 bridgehead atoms. The van der Waals surface area contributed by atoms with E-state index in [1.54, 1.807) is 12.1 Å². The Bertz CT molecular complexity index is 458. The largest absolute Gasteiger partial charge is 0.364 e. The number of aromatic amines is 1. The zero-order valence-corrected chi connectivity index (χ0v) is 7.69. The molecule has 1 heterocycles. The third-order valence-electron chi connectivity index (χ3n) is 1.51. The summed E-state index contributed by atoms with van der Waals surface area (Å²) in [5, 5.41) is 1.68. The highest BCUT2D eigenvalue weighted by atomic mass is 35.5. The average molecular weight is 197 g/mol. The molecule has 1 amide bonds. The van der Waals surface area contributed by atoms with Gasteiger partial charge in [0.05, 0.1) is 0 Å². The van der Waals surface area contributed by atoms with Crippen molar-refractivity contribution in [3.8, 4) is 0 Å².